The molecule has 2 aromatic carbocycles. The maximum atomic E-state index is 10.8. The van der Waals surface area contributed by atoms with Gasteiger partial charge >= 0.3 is 0 Å². The highest BCUT2D eigenvalue weighted by atomic mass is 32.4. The molecule has 0 aliphatic rings. The van der Waals surface area contributed by atoms with E-state index in [4.69, 9.17) is 21.3 Å². The number of aldehydes is 1. The summed E-state index contributed by atoms with van der Waals surface area (Å²) >= 11 is 5.75. The number of carbonyl (C=O) groups excluding carboxylic acids is 1. The smallest absolute Gasteiger partial charge is 0.150 e. The molecule has 2 rings (SSSR count). The van der Waals surface area contributed by atoms with Crippen molar-refractivity contribution in [3.05, 3.63) is 59.7 Å². The largest absolute Gasteiger partial charge is 0.491 e. The highest BCUT2D eigenvalue weighted by molar-refractivity contribution is 8.04. The molecule has 0 saturated heterocycles. The number of benzene rings is 2. The second-order valence-corrected chi connectivity index (χ2v) is 10.9. The quantitative estimate of drug-likeness (QED) is 0.219. The third kappa shape index (κ3) is 6.98. The lowest BCUT2D eigenvalue weighted by Gasteiger charge is -2.32. The second kappa shape index (κ2) is 10.6. The fraction of sp³-hybridized carbons (Fsp3) is 0.364. The predicted molar refractivity (Wildman–Crippen MR) is 124 cm³/mol. The van der Waals surface area contributed by atoms with Crippen LogP contribution in [0.1, 0.15) is 50.0 Å². The van der Waals surface area contributed by atoms with E-state index >= 15 is 0 Å². The van der Waals surface area contributed by atoms with Crippen LogP contribution < -0.4 is 9.47 Å². The van der Waals surface area contributed by atoms with Crippen molar-refractivity contribution in [2.24, 2.45) is 5.10 Å². The molecule has 0 bridgehead atoms. The SMILES string of the molecule is CCC(C)Oc1ccc(/C=N/N(C)[PH](=S)C(C)(C)Oc2ccc(C=O)cc2)cc1. The summed E-state index contributed by atoms with van der Waals surface area (Å²) in [6.45, 7) is 6.54. The Morgan fingerprint density at radius 2 is 1.66 bits per heavy atom. The van der Waals surface area contributed by atoms with Crippen molar-refractivity contribution in [1.82, 2.24) is 4.78 Å². The van der Waals surface area contributed by atoms with Crippen LogP contribution in [-0.4, -0.2) is 35.8 Å². The van der Waals surface area contributed by atoms with Gasteiger partial charge in [-0.2, -0.15) is 5.10 Å². The van der Waals surface area contributed by atoms with Gasteiger partial charge in [0, 0.05) is 12.6 Å². The minimum Gasteiger partial charge on any atom is -0.491 e. The van der Waals surface area contributed by atoms with Crippen molar-refractivity contribution in [3.63, 3.8) is 0 Å². The first-order valence-corrected chi connectivity index (χ1v) is 12.2. The Kier molecular flexibility index (Phi) is 8.42. The maximum absolute atomic E-state index is 10.8. The summed E-state index contributed by atoms with van der Waals surface area (Å²) in [5.74, 6) is 1.54. The van der Waals surface area contributed by atoms with E-state index in [1.807, 2.05) is 49.9 Å². The molecule has 0 N–H and O–H groups in total. The average Bonchev–Trinajstić information content (AvgIpc) is 2.72. The fourth-order valence-electron chi connectivity index (χ4n) is 2.50. The molecule has 0 spiro atoms. The van der Waals surface area contributed by atoms with Crippen LogP contribution in [-0.2, 0) is 11.8 Å². The monoisotopic (exact) mass is 432 g/mol. The van der Waals surface area contributed by atoms with Gasteiger partial charge in [-0.3, -0.25) is 9.57 Å². The van der Waals surface area contributed by atoms with Gasteiger partial charge in [0.1, 0.15) is 23.1 Å². The highest BCUT2D eigenvalue weighted by Crippen LogP contribution is 2.43. The Labute approximate surface area is 179 Å². The van der Waals surface area contributed by atoms with Gasteiger partial charge in [0.05, 0.1) is 19.2 Å². The lowest BCUT2D eigenvalue weighted by Crippen LogP contribution is -2.27. The van der Waals surface area contributed by atoms with Gasteiger partial charge in [0.2, 0.25) is 0 Å². The number of rotatable bonds is 10. The molecule has 0 radical (unpaired) electrons. The van der Waals surface area contributed by atoms with Crippen LogP contribution in [0.4, 0.5) is 0 Å². The van der Waals surface area contributed by atoms with Crippen LogP contribution in [0, 0.1) is 0 Å². The van der Waals surface area contributed by atoms with Crippen LogP contribution in [0.2, 0.25) is 0 Å². The molecule has 156 valence electrons. The molecule has 0 aliphatic heterocycles. The first kappa shape index (κ1) is 23.1. The molecule has 29 heavy (non-hydrogen) atoms. The standard InChI is InChI=1S/C22H29N2O3PS/c1-6-17(2)26-20-11-7-18(8-12-20)15-23-24(5)28(29)22(3,4)27-21-13-9-19(16-25)10-14-21/h7-17,28H,6H2,1-5H3/b23-15+. The van der Waals surface area contributed by atoms with Crippen LogP contribution >= 0.6 is 6.85 Å². The lowest BCUT2D eigenvalue weighted by molar-refractivity contribution is 0.112. The van der Waals surface area contributed by atoms with Gasteiger partial charge < -0.3 is 9.47 Å². The zero-order chi connectivity index (χ0) is 21.4. The molecule has 5 nitrogen and oxygen atoms in total. The van der Waals surface area contributed by atoms with E-state index in [9.17, 15) is 4.79 Å². The van der Waals surface area contributed by atoms with Crippen molar-refractivity contribution in [1.29, 1.82) is 0 Å². The van der Waals surface area contributed by atoms with Gasteiger partial charge in [0.15, 0.2) is 0 Å². The van der Waals surface area contributed by atoms with Gasteiger partial charge in [-0.15, -0.1) is 0 Å². The molecular weight excluding hydrogens is 403 g/mol. The summed E-state index contributed by atoms with van der Waals surface area (Å²) in [5, 5.41) is 3.95. The lowest BCUT2D eigenvalue weighted by atomic mass is 10.2. The molecule has 0 heterocycles. The fourth-order valence-corrected chi connectivity index (χ4v) is 3.91. The van der Waals surface area contributed by atoms with E-state index in [-0.39, 0.29) is 6.10 Å². The van der Waals surface area contributed by atoms with E-state index in [1.165, 1.54) is 0 Å². The Morgan fingerprint density at radius 3 is 2.21 bits per heavy atom. The second-order valence-electron chi connectivity index (χ2n) is 7.28. The first-order chi connectivity index (χ1) is 13.7. The van der Waals surface area contributed by atoms with Crippen molar-refractivity contribution in [2.75, 3.05) is 7.05 Å². The summed E-state index contributed by atoms with van der Waals surface area (Å²) in [6, 6.07) is 14.9. The Hall–Kier alpha value is -2.17. The van der Waals surface area contributed by atoms with Gasteiger partial charge in [-0.1, -0.05) is 18.7 Å². The molecule has 0 aliphatic carbocycles. The molecule has 7 heteroatoms. The van der Waals surface area contributed by atoms with Crippen molar-refractivity contribution >= 4 is 31.2 Å². The van der Waals surface area contributed by atoms with Crippen molar-refractivity contribution in [2.45, 2.75) is 45.6 Å². The molecule has 0 amide bonds. The predicted octanol–water partition coefficient (Wildman–Crippen LogP) is 5.35. The molecule has 2 unspecified atom stereocenters. The molecule has 0 saturated carbocycles. The van der Waals surface area contributed by atoms with E-state index < -0.39 is 12.2 Å². The van der Waals surface area contributed by atoms with E-state index in [0.717, 1.165) is 24.0 Å². The van der Waals surface area contributed by atoms with E-state index in [0.29, 0.717) is 11.3 Å². The Morgan fingerprint density at radius 1 is 1.10 bits per heavy atom. The van der Waals surface area contributed by atoms with E-state index in [1.54, 1.807) is 30.5 Å². The zero-order valence-electron chi connectivity index (χ0n) is 17.6. The third-order valence-electron chi connectivity index (χ3n) is 4.37. The maximum Gasteiger partial charge on any atom is 0.150 e. The number of hydrogen-bond donors (Lipinski definition) is 0. The van der Waals surface area contributed by atoms with Crippen LogP contribution in [0.3, 0.4) is 0 Å². The summed E-state index contributed by atoms with van der Waals surface area (Å²) < 4.78 is 13.7. The zero-order valence-corrected chi connectivity index (χ0v) is 19.4. The summed E-state index contributed by atoms with van der Waals surface area (Å²) in [4.78, 5) is 10.8. The minimum atomic E-state index is -1.55. The first-order valence-electron chi connectivity index (χ1n) is 9.58. The van der Waals surface area contributed by atoms with Gasteiger partial charge in [-0.05, 0) is 81.3 Å². The number of nitrogens with zero attached hydrogens (tertiary/aromatic N) is 2. The summed E-state index contributed by atoms with van der Waals surface area (Å²) in [6.07, 6.45) is 3.77. The number of carbonyl (C=O) groups is 1. The third-order valence-corrected chi connectivity index (χ3v) is 8.47. The van der Waals surface area contributed by atoms with E-state index in [2.05, 4.69) is 18.9 Å². The van der Waals surface area contributed by atoms with Crippen LogP contribution in [0.5, 0.6) is 11.5 Å². The highest BCUT2D eigenvalue weighted by Gasteiger charge is 2.27. The summed E-state index contributed by atoms with van der Waals surface area (Å²) in [5.41, 5.74) is 1.59. The molecule has 0 aromatic heterocycles. The topological polar surface area (TPSA) is 51.1 Å². The minimum absolute atomic E-state index is 0.197. The molecular formula is C22H29N2O3PS. The van der Waals surface area contributed by atoms with Crippen LogP contribution in [0.15, 0.2) is 53.6 Å². The normalized spacial score (nSPS) is 13.7. The molecule has 0 fully saturated rings. The molecule has 2 aromatic rings. The summed E-state index contributed by atoms with van der Waals surface area (Å²) in [7, 11) is 1.87. The molecule has 2 atom stereocenters. The Bertz CT molecular complexity index is 851. The number of ether oxygens (including phenoxy) is 2. The van der Waals surface area contributed by atoms with Gasteiger partial charge in [-0.25, -0.2) is 0 Å². The average molecular weight is 433 g/mol. The Balaban J connectivity index is 1.99. The number of hydrogen-bond acceptors (Lipinski definition) is 5. The number of hydrazone groups is 1. The van der Waals surface area contributed by atoms with Crippen LogP contribution in [0.25, 0.3) is 0 Å². The van der Waals surface area contributed by atoms with Crippen molar-refractivity contribution in [3.8, 4) is 11.5 Å². The van der Waals surface area contributed by atoms with Crippen molar-refractivity contribution < 1.29 is 14.3 Å². The van der Waals surface area contributed by atoms with Gasteiger partial charge in [0.25, 0.3) is 0 Å².